The Bertz CT molecular complexity index is 1020. The Balaban J connectivity index is 1.80. The number of methoxy groups -OCH3 is 1. The van der Waals surface area contributed by atoms with E-state index in [9.17, 15) is 9.59 Å². The first-order valence-corrected chi connectivity index (χ1v) is 8.74. The van der Waals surface area contributed by atoms with Crippen LogP contribution in [0.2, 0.25) is 0 Å². The molecule has 0 bridgehead atoms. The van der Waals surface area contributed by atoms with Gasteiger partial charge in [-0.1, -0.05) is 24.3 Å². The van der Waals surface area contributed by atoms with Gasteiger partial charge in [0.15, 0.2) is 12.7 Å². The van der Waals surface area contributed by atoms with Gasteiger partial charge in [0.05, 0.1) is 18.2 Å². The number of hydrogen-bond acceptors (Lipinski definition) is 3. The molecule has 0 unspecified atom stereocenters. The third-order valence-electron chi connectivity index (χ3n) is 4.28. The van der Waals surface area contributed by atoms with Gasteiger partial charge in [-0.2, -0.15) is 4.57 Å². The molecule has 0 aliphatic heterocycles. The third kappa shape index (κ3) is 4.71. The van der Waals surface area contributed by atoms with E-state index in [0.717, 1.165) is 16.8 Å². The monoisotopic (exact) mass is 374 g/mol. The number of rotatable bonds is 6. The zero-order valence-corrected chi connectivity index (χ0v) is 15.4. The highest BCUT2D eigenvalue weighted by atomic mass is 16.5. The Morgan fingerprint density at radius 1 is 0.964 bits per heavy atom. The smallest absolute Gasteiger partial charge is 0.337 e. The molecular weight excluding hydrogens is 354 g/mol. The second kappa shape index (κ2) is 8.77. The Morgan fingerprint density at radius 2 is 1.75 bits per heavy atom. The van der Waals surface area contributed by atoms with Crippen LogP contribution < -0.4 is 4.57 Å². The van der Waals surface area contributed by atoms with E-state index in [1.165, 1.54) is 7.11 Å². The predicted octanol–water partition coefficient (Wildman–Crippen LogP) is 3.68. The van der Waals surface area contributed by atoms with Crippen LogP contribution in [0.15, 0.2) is 72.9 Å². The van der Waals surface area contributed by atoms with Crippen molar-refractivity contribution < 1.29 is 24.0 Å². The first-order valence-electron chi connectivity index (χ1n) is 8.74. The maximum absolute atomic E-state index is 11.5. The second-order valence-corrected chi connectivity index (χ2v) is 6.21. The number of pyridine rings is 1. The lowest BCUT2D eigenvalue weighted by molar-refractivity contribution is -0.690. The molecule has 0 amide bonds. The molecule has 0 aliphatic carbocycles. The Hall–Kier alpha value is -3.73. The number of aromatic carboxylic acids is 1. The molecule has 0 fully saturated rings. The maximum Gasteiger partial charge on any atom is 0.337 e. The number of carbonyl (C=O) groups excluding carboxylic acids is 1. The summed E-state index contributed by atoms with van der Waals surface area (Å²) < 4.78 is 6.75. The predicted molar refractivity (Wildman–Crippen MR) is 106 cm³/mol. The van der Waals surface area contributed by atoms with Crippen LogP contribution in [0.25, 0.3) is 12.2 Å². The fourth-order valence-corrected chi connectivity index (χ4v) is 2.81. The van der Waals surface area contributed by atoms with Gasteiger partial charge < -0.3 is 9.84 Å². The van der Waals surface area contributed by atoms with Crippen molar-refractivity contribution in [2.75, 3.05) is 7.11 Å². The number of benzene rings is 2. The van der Waals surface area contributed by atoms with Crippen LogP contribution in [0.1, 0.15) is 37.5 Å². The Morgan fingerprint density at radius 3 is 2.46 bits per heavy atom. The highest BCUT2D eigenvalue weighted by Crippen LogP contribution is 2.10. The molecule has 5 nitrogen and oxygen atoms in total. The van der Waals surface area contributed by atoms with Gasteiger partial charge >= 0.3 is 11.9 Å². The molecule has 3 aromatic rings. The fraction of sp³-hybridized carbons (Fsp3) is 0.0870. The van der Waals surface area contributed by atoms with Gasteiger partial charge in [0, 0.05) is 23.8 Å². The van der Waals surface area contributed by atoms with Crippen molar-refractivity contribution in [1.29, 1.82) is 0 Å². The van der Waals surface area contributed by atoms with Gasteiger partial charge in [-0.15, -0.1) is 0 Å². The molecule has 0 spiro atoms. The van der Waals surface area contributed by atoms with E-state index in [0.29, 0.717) is 12.1 Å². The second-order valence-electron chi connectivity index (χ2n) is 6.21. The normalized spacial score (nSPS) is 10.8. The van der Waals surface area contributed by atoms with Gasteiger partial charge in [-0.25, -0.2) is 9.59 Å². The number of hydrogen-bond donors (Lipinski definition) is 1. The van der Waals surface area contributed by atoms with Crippen LogP contribution in [0.5, 0.6) is 0 Å². The number of ether oxygens (including phenoxy) is 1. The molecule has 0 aliphatic rings. The molecular formula is C23H20NO4+. The summed E-state index contributed by atoms with van der Waals surface area (Å²) in [5, 5.41) is 9.16. The Kier molecular flexibility index (Phi) is 5.97. The molecule has 3 rings (SSSR count). The van der Waals surface area contributed by atoms with Crippen molar-refractivity contribution >= 4 is 24.1 Å². The molecule has 0 saturated carbocycles. The van der Waals surface area contributed by atoms with Crippen molar-refractivity contribution in [3.8, 4) is 0 Å². The summed E-state index contributed by atoms with van der Waals surface area (Å²) >= 11 is 0. The van der Waals surface area contributed by atoms with E-state index < -0.39 is 5.97 Å². The quantitative estimate of drug-likeness (QED) is 0.528. The minimum atomic E-state index is -0.935. The summed E-state index contributed by atoms with van der Waals surface area (Å²) in [6.07, 6.45) is 5.89. The van der Waals surface area contributed by atoms with Crippen LogP contribution >= 0.6 is 0 Å². The molecule has 1 heterocycles. The summed E-state index contributed by atoms with van der Waals surface area (Å²) in [7, 11) is 1.36. The molecule has 0 radical (unpaired) electrons. The number of esters is 1. The van der Waals surface area contributed by atoms with E-state index >= 15 is 0 Å². The largest absolute Gasteiger partial charge is 0.478 e. The van der Waals surface area contributed by atoms with E-state index in [1.54, 1.807) is 30.3 Å². The van der Waals surface area contributed by atoms with Crippen molar-refractivity contribution in [3.63, 3.8) is 0 Å². The van der Waals surface area contributed by atoms with Crippen LogP contribution in [-0.2, 0) is 11.3 Å². The van der Waals surface area contributed by atoms with Crippen LogP contribution in [0, 0.1) is 0 Å². The van der Waals surface area contributed by atoms with Gasteiger partial charge in [-0.3, -0.25) is 0 Å². The molecule has 28 heavy (non-hydrogen) atoms. The van der Waals surface area contributed by atoms with E-state index in [2.05, 4.69) is 0 Å². The number of carboxylic acids is 1. The fourth-order valence-electron chi connectivity index (χ4n) is 2.81. The van der Waals surface area contributed by atoms with E-state index in [4.69, 9.17) is 9.84 Å². The minimum absolute atomic E-state index is 0.275. The number of carbonyl (C=O) groups is 2. The average molecular weight is 374 g/mol. The van der Waals surface area contributed by atoms with Crippen molar-refractivity contribution in [3.05, 3.63) is 101 Å². The third-order valence-corrected chi connectivity index (χ3v) is 4.28. The van der Waals surface area contributed by atoms with Crippen LogP contribution in [0.4, 0.5) is 0 Å². The minimum Gasteiger partial charge on any atom is -0.478 e. The summed E-state index contributed by atoms with van der Waals surface area (Å²) in [5.74, 6) is -1.30. The first-order chi connectivity index (χ1) is 13.6. The van der Waals surface area contributed by atoms with Crippen molar-refractivity contribution in [2.45, 2.75) is 6.54 Å². The number of carboxylic acid groups (broad SMARTS) is 1. The number of nitrogens with zero attached hydrogens (tertiary/aromatic N) is 1. The van der Waals surface area contributed by atoms with E-state index in [1.807, 2.05) is 59.3 Å². The summed E-state index contributed by atoms with van der Waals surface area (Å²) in [6, 6.07) is 19.9. The van der Waals surface area contributed by atoms with Crippen molar-refractivity contribution in [1.82, 2.24) is 0 Å². The van der Waals surface area contributed by atoms with Gasteiger partial charge in [0.2, 0.25) is 5.69 Å². The summed E-state index contributed by atoms with van der Waals surface area (Å²) in [5.41, 5.74) is 3.62. The summed E-state index contributed by atoms with van der Waals surface area (Å²) in [4.78, 5) is 22.7. The molecule has 1 N–H and O–H groups in total. The highest BCUT2D eigenvalue weighted by Gasteiger charge is 2.10. The molecule has 0 saturated heterocycles. The number of aromatic nitrogens is 1. The van der Waals surface area contributed by atoms with Crippen molar-refractivity contribution in [2.24, 2.45) is 0 Å². The molecule has 0 atom stereocenters. The topological polar surface area (TPSA) is 67.5 Å². The average Bonchev–Trinajstić information content (AvgIpc) is 2.73. The zero-order valence-electron chi connectivity index (χ0n) is 15.4. The molecule has 1 aromatic heterocycles. The lowest BCUT2D eigenvalue weighted by Crippen LogP contribution is -2.37. The molecule has 140 valence electrons. The maximum atomic E-state index is 11.5. The van der Waals surface area contributed by atoms with Gasteiger partial charge in [-0.05, 0) is 42.0 Å². The Labute approximate surface area is 163 Å². The van der Waals surface area contributed by atoms with Gasteiger partial charge in [0.25, 0.3) is 0 Å². The van der Waals surface area contributed by atoms with Crippen LogP contribution in [0.3, 0.4) is 0 Å². The van der Waals surface area contributed by atoms with Gasteiger partial charge in [0.1, 0.15) is 0 Å². The summed E-state index contributed by atoms with van der Waals surface area (Å²) in [6.45, 7) is 0.558. The molecule has 5 heteroatoms. The lowest BCUT2D eigenvalue weighted by atomic mass is 10.1. The zero-order chi connectivity index (χ0) is 19.9. The lowest BCUT2D eigenvalue weighted by Gasteiger charge is -2.03. The SMILES string of the molecule is COC(=O)c1ccc(/C=C/c2cccc[n+]2Cc2cccc(C(=O)O)c2)cc1. The molecule has 2 aromatic carbocycles. The van der Waals surface area contributed by atoms with E-state index in [-0.39, 0.29) is 11.5 Å². The highest BCUT2D eigenvalue weighted by molar-refractivity contribution is 5.89. The first kappa shape index (κ1) is 19.0. The van der Waals surface area contributed by atoms with Crippen LogP contribution in [-0.4, -0.2) is 24.2 Å². The standard InChI is InChI=1S/C23H19NO4/c1-28-23(27)19-11-8-17(9-12-19)10-13-21-7-2-3-14-24(21)16-18-5-4-6-20(15-18)22(25)26/h2-15H,16H2,1H3/p+1/b13-10+.